The number of halogens is 5. The van der Waals surface area contributed by atoms with Crippen molar-refractivity contribution >= 4 is 70.2 Å². The van der Waals surface area contributed by atoms with Gasteiger partial charge in [0, 0.05) is 54.6 Å². The van der Waals surface area contributed by atoms with Crippen molar-refractivity contribution in [1.82, 2.24) is 16.0 Å². The van der Waals surface area contributed by atoms with Gasteiger partial charge in [0.2, 0.25) is 17.7 Å². The number of amides is 3. The molecular formula is C45H56Cl3F2N3O11. The summed E-state index contributed by atoms with van der Waals surface area (Å²) in [4.78, 5) is 68.6. The quantitative estimate of drug-likeness (QED) is 0.0826. The van der Waals surface area contributed by atoms with E-state index in [4.69, 9.17) is 58.5 Å². The lowest BCUT2D eigenvalue weighted by molar-refractivity contribution is -0.141. The second-order valence-corrected chi connectivity index (χ2v) is 15.4. The summed E-state index contributed by atoms with van der Waals surface area (Å²) in [6.45, 7) is 1.65. The second-order valence-electron chi connectivity index (χ2n) is 14.1. The third kappa shape index (κ3) is 20.1. The van der Waals surface area contributed by atoms with Crippen LogP contribution in [0.15, 0.2) is 60.7 Å². The van der Waals surface area contributed by atoms with Crippen molar-refractivity contribution in [2.24, 2.45) is 0 Å². The van der Waals surface area contributed by atoms with Crippen LogP contribution in [0.3, 0.4) is 0 Å². The summed E-state index contributed by atoms with van der Waals surface area (Å²) in [5.74, 6) is -1.09. The molecule has 64 heavy (non-hydrogen) atoms. The third-order valence-electron chi connectivity index (χ3n) is 9.22. The highest BCUT2D eigenvalue weighted by Gasteiger charge is 2.29. The maximum Gasteiger partial charge on any atom is 0.328 e. The minimum Gasteiger partial charge on any atom is -0.494 e. The number of nitrogens with one attached hydrogen (secondary N) is 3. The molecule has 2 heterocycles. The maximum atomic E-state index is 13.4. The Hall–Kier alpha value is -5.19. The van der Waals surface area contributed by atoms with Gasteiger partial charge >= 0.3 is 11.9 Å². The molecule has 352 valence electrons. The summed E-state index contributed by atoms with van der Waals surface area (Å²) >= 11 is 17.0. The molecule has 3 amide bonds. The van der Waals surface area contributed by atoms with E-state index in [0.717, 1.165) is 12.8 Å². The molecule has 1 aliphatic carbocycles. The molecular weight excluding hydrogens is 903 g/mol. The first-order chi connectivity index (χ1) is 29.8. The van der Waals surface area contributed by atoms with E-state index >= 15 is 0 Å². The lowest BCUT2D eigenvalue weighted by Gasteiger charge is -2.11. The van der Waals surface area contributed by atoms with Crippen molar-refractivity contribution in [2.45, 2.75) is 104 Å². The van der Waals surface area contributed by atoms with Gasteiger partial charge in [0.15, 0.2) is 17.3 Å². The van der Waals surface area contributed by atoms with Gasteiger partial charge < -0.3 is 39.6 Å². The number of ether oxygens (including phenoxy) is 5. The Labute approximate surface area is 387 Å². The third-order valence-corrected chi connectivity index (χ3v) is 10.0. The Morgan fingerprint density at radius 2 is 1.08 bits per heavy atom. The van der Waals surface area contributed by atoms with E-state index < -0.39 is 29.7 Å². The van der Waals surface area contributed by atoms with Crippen molar-refractivity contribution < 1.29 is 61.2 Å². The zero-order valence-electron chi connectivity index (χ0n) is 33.7. The first-order valence-electron chi connectivity index (χ1n) is 20.1. The number of cyclic esters (lactones) is 2. The smallest absolute Gasteiger partial charge is 0.328 e. The predicted octanol–water partition coefficient (Wildman–Crippen LogP) is 8.15. The van der Waals surface area contributed by atoms with E-state index in [9.17, 15) is 37.5 Å². The average Bonchev–Trinajstić information content (AvgIpc) is 3.97. The van der Waals surface area contributed by atoms with Crippen molar-refractivity contribution in [3.05, 3.63) is 87.4 Å². The van der Waals surface area contributed by atoms with Gasteiger partial charge in [0.25, 0.3) is 0 Å². The Morgan fingerprint density at radius 1 is 0.594 bits per heavy atom. The topological polar surface area (TPSA) is 185 Å². The van der Waals surface area contributed by atoms with E-state index in [-0.39, 0.29) is 87.2 Å². The van der Waals surface area contributed by atoms with Crippen LogP contribution in [-0.4, -0.2) is 86.6 Å². The molecule has 0 aromatic heterocycles. The Balaban J connectivity index is 0.000000325. The summed E-state index contributed by atoms with van der Waals surface area (Å²) in [6, 6.07) is 14.0. The zero-order valence-corrected chi connectivity index (χ0v) is 36.0. The molecule has 3 unspecified atom stereocenters. The number of carbonyl (C=O) groups is 6. The zero-order chi connectivity index (χ0) is 44.9. The van der Waals surface area contributed by atoms with E-state index in [1.54, 1.807) is 36.4 Å². The van der Waals surface area contributed by atoms with E-state index in [2.05, 4.69) is 16.0 Å². The molecule has 0 spiro atoms. The van der Waals surface area contributed by atoms with Crippen LogP contribution in [0, 0.1) is 11.6 Å². The fourth-order valence-electron chi connectivity index (χ4n) is 5.97. The number of benzene rings is 3. The lowest BCUT2D eigenvalue weighted by atomic mass is 10.2. The van der Waals surface area contributed by atoms with Crippen molar-refractivity contribution in [3.63, 3.8) is 0 Å². The largest absolute Gasteiger partial charge is 0.494 e. The van der Waals surface area contributed by atoms with E-state index in [1.807, 2.05) is 0 Å². The average molecular weight is 959 g/mol. The molecule has 3 N–H and O–H groups in total. The Morgan fingerprint density at radius 3 is 1.55 bits per heavy atom. The Kier molecular flexibility index (Phi) is 25.1. The van der Waals surface area contributed by atoms with E-state index in [0.29, 0.717) is 86.3 Å². The van der Waals surface area contributed by atoms with Gasteiger partial charge in [-0.05, 0) is 86.7 Å². The van der Waals surface area contributed by atoms with Crippen LogP contribution >= 0.6 is 34.8 Å². The van der Waals surface area contributed by atoms with Crippen LogP contribution in [0.1, 0.15) is 85.5 Å². The number of Topliss-reactive ketones (excluding diaryl/α,β-unsaturated/α-hetero) is 1. The highest BCUT2D eigenvalue weighted by Crippen LogP contribution is 2.22. The standard InChI is InChI=1S/C15H17ClFNO3.C14H15ClFNO4.C14H16ClNO4.2CH4/c16-10-6-7-14(11(17)9-10)21-8-2-5-15(20)18-12-3-1-4-13(12)19;15-10-4-3-9(8-11(10)16)20-6-1-2-13(18)17-12-5-7-21-14(12)19;15-10-3-5-11(6-4-10)19-8-1-2-13(17)16-12-7-9-20-14(12)18;;/h6-7,9,12H,1-5,8H2,(H,18,20);3-4,8,12H,1-2,5-7H2,(H,17,18);3-6,12H,1-2,7-9H2,(H,16,17);2*1H4. The molecule has 0 bridgehead atoms. The number of hydrogen-bond donors (Lipinski definition) is 3. The summed E-state index contributed by atoms with van der Waals surface area (Å²) in [6.07, 6.45) is 5.43. The van der Waals surface area contributed by atoms with Crippen molar-refractivity contribution in [1.29, 1.82) is 0 Å². The maximum absolute atomic E-state index is 13.4. The summed E-state index contributed by atoms with van der Waals surface area (Å²) in [7, 11) is 0. The van der Waals surface area contributed by atoms with Crippen molar-refractivity contribution in [2.75, 3.05) is 33.0 Å². The molecule has 6 rings (SSSR count). The molecule has 3 atom stereocenters. The second kappa shape index (κ2) is 29.3. The molecule has 3 fully saturated rings. The van der Waals surface area contributed by atoms with Gasteiger partial charge in [0.1, 0.15) is 29.4 Å². The van der Waals surface area contributed by atoms with Gasteiger partial charge in [-0.25, -0.2) is 18.4 Å². The molecule has 19 heteroatoms. The highest BCUT2D eigenvalue weighted by atomic mass is 35.5. The first-order valence-corrected chi connectivity index (χ1v) is 21.2. The Bertz CT molecular complexity index is 1990. The van der Waals surface area contributed by atoms with Crippen LogP contribution in [0.4, 0.5) is 8.78 Å². The monoisotopic (exact) mass is 957 g/mol. The molecule has 1 saturated carbocycles. The number of hydrogen-bond acceptors (Lipinski definition) is 11. The normalized spacial score (nSPS) is 17.1. The minimum atomic E-state index is -0.549. The molecule has 3 aliphatic rings. The molecule has 3 aromatic rings. The van der Waals surface area contributed by atoms with Crippen molar-refractivity contribution in [3.8, 4) is 17.2 Å². The lowest BCUT2D eigenvalue weighted by Crippen LogP contribution is -2.37. The van der Waals surface area contributed by atoms with Crippen LogP contribution in [0.2, 0.25) is 15.1 Å². The predicted molar refractivity (Wildman–Crippen MR) is 238 cm³/mol. The van der Waals surface area contributed by atoms with E-state index in [1.165, 1.54) is 24.3 Å². The first kappa shape index (κ1) is 54.9. The van der Waals surface area contributed by atoms with Crippen LogP contribution in [-0.2, 0) is 38.2 Å². The molecule has 2 saturated heterocycles. The molecule has 0 radical (unpaired) electrons. The fraction of sp³-hybridized carbons (Fsp3) is 0.467. The van der Waals surface area contributed by atoms with Gasteiger partial charge in [-0.1, -0.05) is 49.7 Å². The number of ketones is 1. The van der Waals surface area contributed by atoms with Crippen LogP contribution in [0.25, 0.3) is 0 Å². The number of carbonyl (C=O) groups excluding carboxylic acids is 6. The fourth-order valence-corrected chi connectivity index (χ4v) is 6.37. The van der Waals surface area contributed by atoms with Gasteiger partial charge in [0.05, 0.1) is 44.1 Å². The summed E-state index contributed by atoms with van der Waals surface area (Å²) in [5, 5.41) is 8.95. The number of rotatable bonds is 18. The van der Waals surface area contributed by atoms with Crippen LogP contribution < -0.4 is 30.2 Å². The van der Waals surface area contributed by atoms with Gasteiger partial charge in [-0.15, -0.1) is 0 Å². The van der Waals surface area contributed by atoms with Gasteiger partial charge in [-0.2, -0.15) is 0 Å². The molecule has 2 aliphatic heterocycles. The molecule has 3 aromatic carbocycles. The summed E-state index contributed by atoms with van der Waals surface area (Å²) < 4.78 is 52.1. The number of esters is 2. The van der Waals surface area contributed by atoms with Gasteiger partial charge in [-0.3, -0.25) is 19.2 Å². The highest BCUT2D eigenvalue weighted by molar-refractivity contribution is 6.31. The minimum absolute atomic E-state index is 0. The molecule has 14 nitrogen and oxygen atoms in total. The summed E-state index contributed by atoms with van der Waals surface area (Å²) in [5.41, 5.74) is 0. The SMILES string of the molecule is C.C.O=C(CCCOc1ccc(Cl)c(F)c1)NC1CCOC1=O.O=C(CCCOc1ccc(Cl)cc1)NC1CCOC1=O.O=C(CCCOc1ccc(Cl)cc1F)NC1CCCC1=O. The van der Waals surface area contributed by atoms with Crippen LogP contribution in [0.5, 0.6) is 17.2 Å².